The van der Waals surface area contributed by atoms with Crippen molar-refractivity contribution >= 4 is 29.4 Å². The first-order valence-electron chi connectivity index (χ1n) is 14.8. The van der Waals surface area contributed by atoms with Crippen molar-refractivity contribution in [3.05, 3.63) is 54.1 Å². The number of piperidine rings is 1. The number of likely N-dealkylation sites (tertiary alicyclic amines) is 1. The largest absolute Gasteiger partial charge is 0.385 e. The van der Waals surface area contributed by atoms with Gasteiger partial charge in [-0.3, -0.25) is 14.4 Å². The van der Waals surface area contributed by atoms with Gasteiger partial charge in [0.05, 0.1) is 12.6 Å². The molecule has 1 aromatic rings. The molecule has 2 unspecified atom stereocenters. The van der Waals surface area contributed by atoms with Crippen molar-refractivity contribution in [1.82, 2.24) is 10.6 Å². The molecule has 7 atom stereocenters. The fourth-order valence-electron chi connectivity index (χ4n) is 6.36. The van der Waals surface area contributed by atoms with Crippen molar-refractivity contribution in [2.45, 2.75) is 88.4 Å². The summed E-state index contributed by atoms with van der Waals surface area (Å²) in [7, 11) is 0. The van der Waals surface area contributed by atoms with E-state index >= 15 is 0 Å². The summed E-state index contributed by atoms with van der Waals surface area (Å²) < 4.78 is 0. The Bertz CT molecular complexity index is 1110. The van der Waals surface area contributed by atoms with Crippen LogP contribution in [0.15, 0.2) is 59.0 Å². The molecule has 218 valence electrons. The first kappa shape index (κ1) is 30.5. The first-order valence-corrected chi connectivity index (χ1v) is 15.8. The smallest absolute Gasteiger partial charge is 0.278 e. The predicted molar refractivity (Wildman–Crippen MR) is 159 cm³/mol. The lowest BCUT2D eigenvalue weighted by Crippen LogP contribution is -3.20. The number of carbonyl (C=O) groups excluding carboxylic acids is 3. The Morgan fingerprint density at radius 1 is 1.12 bits per heavy atom. The average Bonchev–Trinajstić information content (AvgIpc) is 2.91. The van der Waals surface area contributed by atoms with Gasteiger partial charge < -0.3 is 20.6 Å². The third kappa shape index (κ3) is 8.08. The van der Waals surface area contributed by atoms with E-state index in [0.29, 0.717) is 29.7 Å². The summed E-state index contributed by atoms with van der Waals surface area (Å²) in [6.07, 6.45) is 9.56. The summed E-state index contributed by atoms with van der Waals surface area (Å²) >= 11 is 1.58. The van der Waals surface area contributed by atoms with Gasteiger partial charge in [-0.15, -0.1) is 11.8 Å². The van der Waals surface area contributed by atoms with Gasteiger partial charge in [-0.05, 0) is 57.7 Å². The zero-order valence-electron chi connectivity index (χ0n) is 24.3. The van der Waals surface area contributed by atoms with Gasteiger partial charge in [-0.2, -0.15) is 0 Å². The van der Waals surface area contributed by atoms with E-state index in [1.165, 1.54) is 31.8 Å². The van der Waals surface area contributed by atoms with Crippen LogP contribution in [0, 0.1) is 17.8 Å². The van der Waals surface area contributed by atoms with E-state index in [0.717, 1.165) is 22.8 Å². The molecule has 40 heavy (non-hydrogen) atoms. The molecule has 1 aliphatic heterocycles. The highest BCUT2D eigenvalue weighted by molar-refractivity contribution is 7.99. The fourth-order valence-corrected chi connectivity index (χ4v) is 7.39. The molecule has 0 radical (unpaired) electrons. The summed E-state index contributed by atoms with van der Waals surface area (Å²) in [6.45, 7) is 8.96. The number of allylic oxidation sites excluding steroid dienone is 3. The zero-order chi connectivity index (χ0) is 28.9. The lowest BCUT2D eigenvalue weighted by Gasteiger charge is -2.44. The summed E-state index contributed by atoms with van der Waals surface area (Å²) in [4.78, 5) is 41.2. The van der Waals surface area contributed by atoms with E-state index in [1.54, 1.807) is 30.8 Å². The maximum absolute atomic E-state index is 13.5. The molecule has 1 saturated carbocycles. The molecule has 4 N–H and O–H groups in total. The second-order valence-electron chi connectivity index (χ2n) is 12.8. The molecule has 1 aromatic carbocycles. The van der Waals surface area contributed by atoms with Gasteiger partial charge in [0.25, 0.3) is 5.91 Å². The van der Waals surface area contributed by atoms with Crippen LogP contribution >= 0.6 is 11.8 Å². The minimum Gasteiger partial charge on any atom is -0.385 e. The second-order valence-corrected chi connectivity index (χ2v) is 13.9. The lowest BCUT2D eigenvalue weighted by atomic mass is 9.72. The molecule has 2 aliphatic carbocycles. The Morgan fingerprint density at radius 3 is 2.52 bits per heavy atom. The van der Waals surface area contributed by atoms with E-state index in [4.69, 9.17) is 0 Å². The van der Waals surface area contributed by atoms with Crippen LogP contribution in [0.1, 0.15) is 59.8 Å². The van der Waals surface area contributed by atoms with Crippen LogP contribution in [0.3, 0.4) is 0 Å². The Labute approximate surface area is 243 Å². The molecule has 1 heterocycles. The molecule has 1 saturated heterocycles. The van der Waals surface area contributed by atoms with Gasteiger partial charge in [-0.25, -0.2) is 0 Å². The number of quaternary nitrogens is 1. The van der Waals surface area contributed by atoms with E-state index in [9.17, 15) is 19.5 Å². The van der Waals surface area contributed by atoms with Gasteiger partial charge in [0.2, 0.25) is 5.91 Å². The van der Waals surface area contributed by atoms with E-state index in [2.05, 4.69) is 10.6 Å². The number of fused-ring (bicyclic) bond motifs is 1. The van der Waals surface area contributed by atoms with Crippen LogP contribution in [0.4, 0.5) is 0 Å². The van der Waals surface area contributed by atoms with Gasteiger partial charge >= 0.3 is 0 Å². The molecular weight excluding hydrogens is 522 g/mol. The molecule has 3 aliphatic rings. The third-order valence-electron chi connectivity index (χ3n) is 8.55. The van der Waals surface area contributed by atoms with Crippen LogP contribution in [-0.2, 0) is 14.4 Å². The standard InChI is InChI=1S/C32H45N3O4S/c1-21-25(15-10-16-28(21)36)30(38)33-26(20-40-24-13-6-5-7-14-24)29(37)19-35-18-23-12-9-8-11-22(23)17-27(35)31(39)34-32(2,3)4/h5-7,10,13-16,21-23,26-27,29,37H,8-9,11-12,17-20H2,1-4H3,(H,33,38)(H,34,39)/p+1/t21?,22-,23+,26-,27-,29+/m0/s1. The molecule has 8 heteroatoms. The zero-order valence-corrected chi connectivity index (χ0v) is 25.1. The molecule has 0 aromatic heterocycles. The fraction of sp³-hybridized carbons (Fsp3) is 0.594. The minimum atomic E-state index is -0.856. The molecule has 0 spiro atoms. The number of amides is 2. The van der Waals surface area contributed by atoms with Crippen molar-refractivity contribution in [2.75, 3.05) is 18.8 Å². The van der Waals surface area contributed by atoms with Gasteiger partial charge in [-0.1, -0.05) is 50.1 Å². The molecule has 2 amide bonds. The molecule has 0 bridgehead atoms. The number of benzene rings is 1. The summed E-state index contributed by atoms with van der Waals surface area (Å²) in [5.41, 5.74) is 0.0794. The predicted octanol–water partition coefficient (Wildman–Crippen LogP) is 2.70. The van der Waals surface area contributed by atoms with Gasteiger partial charge in [0.1, 0.15) is 12.6 Å². The molecular formula is C32H46N3O4S+. The van der Waals surface area contributed by atoms with E-state index in [-0.39, 0.29) is 29.2 Å². The Hall–Kier alpha value is -2.42. The van der Waals surface area contributed by atoms with Crippen molar-refractivity contribution in [1.29, 1.82) is 0 Å². The van der Waals surface area contributed by atoms with Crippen molar-refractivity contribution < 1.29 is 24.4 Å². The van der Waals surface area contributed by atoms with Crippen LogP contribution in [-0.4, -0.2) is 65.3 Å². The topological polar surface area (TPSA) is 99.9 Å². The Kier molecular flexibility index (Phi) is 10.3. The van der Waals surface area contributed by atoms with Crippen LogP contribution in [0.25, 0.3) is 0 Å². The summed E-state index contributed by atoms with van der Waals surface area (Å²) in [6, 6.07) is 9.14. The maximum atomic E-state index is 13.5. The van der Waals surface area contributed by atoms with Gasteiger partial charge in [0.15, 0.2) is 11.8 Å². The average molecular weight is 569 g/mol. The van der Waals surface area contributed by atoms with Crippen molar-refractivity contribution in [3.8, 4) is 0 Å². The monoisotopic (exact) mass is 568 g/mol. The normalized spacial score (nSPS) is 28.2. The quantitative estimate of drug-likeness (QED) is 0.344. The van der Waals surface area contributed by atoms with Gasteiger partial charge in [0, 0.05) is 40.0 Å². The highest BCUT2D eigenvalue weighted by atomic mass is 32.2. The number of nitrogens with one attached hydrogen (secondary N) is 3. The molecule has 4 rings (SSSR count). The number of thioether (sulfide) groups is 1. The minimum absolute atomic E-state index is 0.0458. The lowest BCUT2D eigenvalue weighted by molar-refractivity contribution is -0.929. The number of hydrogen-bond acceptors (Lipinski definition) is 5. The number of ketones is 1. The van der Waals surface area contributed by atoms with Crippen molar-refractivity contribution in [3.63, 3.8) is 0 Å². The van der Waals surface area contributed by atoms with E-state index in [1.807, 2.05) is 51.1 Å². The number of aliphatic hydroxyl groups is 1. The molecule has 2 fully saturated rings. The first-order chi connectivity index (χ1) is 19.0. The SMILES string of the molecule is CC1C(=O)C=CC=C1C(=O)N[C@@H](CSc1ccccc1)[C@H](O)C[NH+]1C[C@H]2CCCC[C@H]2C[C@H]1C(=O)NC(C)(C)C. The second kappa shape index (κ2) is 13.5. The number of rotatable bonds is 9. The highest BCUT2D eigenvalue weighted by Crippen LogP contribution is 2.34. The maximum Gasteiger partial charge on any atom is 0.278 e. The summed E-state index contributed by atoms with van der Waals surface area (Å²) in [5, 5.41) is 17.9. The van der Waals surface area contributed by atoms with Crippen LogP contribution in [0.2, 0.25) is 0 Å². The number of carbonyl (C=O) groups is 3. The number of aliphatic hydroxyl groups excluding tert-OH is 1. The van der Waals surface area contributed by atoms with Crippen LogP contribution in [0.5, 0.6) is 0 Å². The Morgan fingerprint density at radius 2 is 1.82 bits per heavy atom. The van der Waals surface area contributed by atoms with Crippen LogP contribution < -0.4 is 15.5 Å². The van der Waals surface area contributed by atoms with E-state index < -0.39 is 18.1 Å². The molecule has 7 nitrogen and oxygen atoms in total. The third-order valence-corrected chi connectivity index (χ3v) is 9.68. The number of hydrogen-bond donors (Lipinski definition) is 4. The van der Waals surface area contributed by atoms with Crippen molar-refractivity contribution in [2.24, 2.45) is 17.8 Å². The Balaban J connectivity index is 1.52. The summed E-state index contributed by atoms with van der Waals surface area (Å²) in [5.74, 6) is 0.685. The highest BCUT2D eigenvalue weighted by Gasteiger charge is 2.45.